The minimum Gasteiger partial charge on any atom is -0.508 e. The van der Waals surface area contributed by atoms with E-state index in [4.69, 9.17) is 16.6 Å². The van der Waals surface area contributed by atoms with Crippen LogP contribution in [0.5, 0.6) is 5.75 Å². The highest BCUT2D eigenvalue weighted by molar-refractivity contribution is 6.08. The van der Waals surface area contributed by atoms with E-state index in [-0.39, 0.29) is 23.3 Å². The van der Waals surface area contributed by atoms with Crippen LogP contribution in [0.2, 0.25) is 0 Å². The van der Waals surface area contributed by atoms with Crippen LogP contribution in [0.3, 0.4) is 0 Å². The lowest BCUT2D eigenvalue weighted by Gasteiger charge is -2.13. The van der Waals surface area contributed by atoms with Crippen molar-refractivity contribution in [2.45, 2.75) is 12.5 Å². The lowest BCUT2D eigenvalue weighted by Crippen LogP contribution is -2.33. The number of benzene rings is 2. The summed E-state index contributed by atoms with van der Waals surface area (Å²) in [6, 6.07) is 9.43. The number of carboxylic acids is 1. The van der Waals surface area contributed by atoms with Crippen LogP contribution in [0.25, 0.3) is 0 Å². The van der Waals surface area contributed by atoms with Crippen molar-refractivity contribution < 1.29 is 19.8 Å². The van der Waals surface area contributed by atoms with E-state index in [1.54, 1.807) is 12.1 Å². The Morgan fingerprint density at radius 1 is 1.05 bits per heavy atom. The number of carboxylic acid groups (broad SMARTS) is 1. The molecule has 0 spiro atoms. The number of rotatable bonds is 5. The number of carbonyl (C=O) groups excluding carboxylic acids is 1. The smallest absolute Gasteiger partial charge is 0.336 e. The number of nitrogen functional groups attached to an aromatic ring is 1. The molecule has 2 aromatic carbocycles. The number of hydrogen-bond donors (Lipinski definition) is 4. The number of Topliss-reactive ketones (excluding diaryl/α,β-unsaturated/α-hetero) is 1. The van der Waals surface area contributed by atoms with Crippen molar-refractivity contribution in [3.8, 4) is 5.75 Å². The Bertz CT molecular complexity index is 711. The largest absolute Gasteiger partial charge is 0.508 e. The van der Waals surface area contributed by atoms with Crippen molar-refractivity contribution in [3.63, 3.8) is 0 Å². The Hall–Kier alpha value is -2.86. The molecule has 0 unspecified atom stereocenters. The standard InChI is InChI=1S/C16H16N2O4/c17-10-3-6-12(16(21)22)13(8-10)15(20)14(18)7-9-1-4-11(19)5-2-9/h1-6,8,14,19H,7,17-18H2,(H,21,22)/t14-/m0/s1. The summed E-state index contributed by atoms with van der Waals surface area (Å²) < 4.78 is 0. The van der Waals surface area contributed by atoms with Crippen LogP contribution in [0.4, 0.5) is 5.69 Å². The minimum atomic E-state index is -1.21. The summed E-state index contributed by atoms with van der Waals surface area (Å²) in [6.45, 7) is 0. The van der Waals surface area contributed by atoms with E-state index >= 15 is 0 Å². The third-order valence-electron chi connectivity index (χ3n) is 3.27. The van der Waals surface area contributed by atoms with E-state index < -0.39 is 17.8 Å². The molecular weight excluding hydrogens is 284 g/mol. The Labute approximate surface area is 127 Å². The van der Waals surface area contributed by atoms with E-state index in [2.05, 4.69) is 0 Å². The number of anilines is 1. The van der Waals surface area contributed by atoms with Gasteiger partial charge in [-0.1, -0.05) is 12.1 Å². The van der Waals surface area contributed by atoms with Crippen LogP contribution in [0.15, 0.2) is 42.5 Å². The van der Waals surface area contributed by atoms with Crippen molar-refractivity contribution in [2.24, 2.45) is 5.73 Å². The average molecular weight is 300 g/mol. The van der Waals surface area contributed by atoms with Gasteiger partial charge in [-0.25, -0.2) is 4.79 Å². The first kappa shape index (κ1) is 15.5. The molecule has 1 atom stereocenters. The molecule has 0 aliphatic heterocycles. The normalized spacial score (nSPS) is 11.9. The summed E-state index contributed by atoms with van der Waals surface area (Å²) in [5.41, 5.74) is 12.4. The number of aromatic hydroxyl groups is 1. The Kier molecular flexibility index (Phi) is 4.43. The van der Waals surface area contributed by atoms with Gasteiger partial charge < -0.3 is 21.7 Å². The summed E-state index contributed by atoms with van der Waals surface area (Å²) >= 11 is 0. The molecular formula is C16H16N2O4. The molecule has 0 saturated carbocycles. The second-order valence-corrected chi connectivity index (χ2v) is 4.95. The quantitative estimate of drug-likeness (QED) is 0.488. The third-order valence-corrected chi connectivity index (χ3v) is 3.27. The Balaban J connectivity index is 2.25. The predicted molar refractivity (Wildman–Crippen MR) is 81.9 cm³/mol. The number of hydrogen-bond acceptors (Lipinski definition) is 5. The van der Waals surface area contributed by atoms with Gasteiger partial charge in [-0.15, -0.1) is 0 Å². The molecule has 0 bridgehead atoms. The molecule has 22 heavy (non-hydrogen) atoms. The highest BCUT2D eigenvalue weighted by atomic mass is 16.4. The summed E-state index contributed by atoms with van der Waals surface area (Å²) in [6.07, 6.45) is 0.229. The van der Waals surface area contributed by atoms with Gasteiger partial charge in [-0.05, 0) is 42.3 Å². The van der Waals surface area contributed by atoms with Gasteiger partial charge >= 0.3 is 5.97 Å². The molecule has 0 aliphatic rings. The van der Waals surface area contributed by atoms with Crippen molar-refractivity contribution >= 4 is 17.4 Å². The second kappa shape index (κ2) is 6.28. The van der Waals surface area contributed by atoms with Crippen molar-refractivity contribution in [1.29, 1.82) is 0 Å². The number of aromatic carboxylic acids is 1. The summed E-state index contributed by atoms with van der Waals surface area (Å²) in [5, 5.41) is 18.4. The molecule has 2 rings (SSSR count). The maximum absolute atomic E-state index is 12.4. The molecule has 6 nitrogen and oxygen atoms in total. The number of carbonyl (C=O) groups is 2. The van der Waals surface area contributed by atoms with Gasteiger partial charge in [0.15, 0.2) is 5.78 Å². The molecule has 0 fully saturated rings. The zero-order valence-corrected chi connectivity index (χ0v) is 11.7. The van der Waals surface area contributed by atoms with Crippen LogP contribution in [0, 0.1) is 0 Å². The summed E-state index contributed by atoms with van der Waals surface area (Å²) in [4.78, 5) is 23.6. The lowest BCUT2D eigenvalue weighted by atomic mass is 9.94. The second-order valence-electron chi connectivity index (χ2n) is 4.95. The molecule has 0 heterocycles. The zero-order valence-electron chi connectivity index (χ0n) is 11.7. The van der Waals surface area contributed by atoms with Crippen molar-refractivity contribution in [1.82, 2.24) is 0 Å². The predicted octanol–water partition coefficient (Wildman–Crippen LogP) is 1.43. The fourth-order valence-electron chi connectivity index (χ4n) is 2.13. The Morgan fingerprint density at radius 3 is 2.27 bits per heavy atom. The van der Waals surface area contributed by atoms with E-state index in [0.29, 0.717) is 5.69 Å². The molecule has 2 aromatic rings. The maximum Gasteiger partial charge on any atom is 0.336 e. The zero-order chi connectivity index (χ0) is 16.3. The van der Waals surface area contributed by atoms with Gasteiger partial charge in [0.2, 0.25) is 0 Å². The van der Waals surface area contributed by atoms with E-state index in [1.165, 1.54) is 30.3 Å². The van der Waals surface area contributed by atoms with Crippen LogP contribution < -0.4 is 11.5 Å². The van der Waals surface area contributed by atoms with Gasteiger partial charge in [-0.3, -0.25) is 4.79 Å². The first-order valence-electron chi connectivity index (χ1n) is 6.59. The molecule has 114 valence electrons. The van der Waals surface area contributed by atoms with Gasteiger partial charge in [0.1, 0.15) is 5.75 Å². The molecule has 0 aromatic heterocycles. The first-order chi connectivity index (χ1) is 10.4. The van der Waals surface area contributed by atoms with Crippen LogP contribution in [0.1, 0.15) is 26.3 Å². The monoisotopic (exact) mass is 300 g/mol. The number of ketones is 1. The maximum atomic E-state index is 12.4. The van der Waals surface area contributed by atoms with Crippen molar-refractivity contribution in [3.05, 3.63) is 59.2 Å². The summed E-state index contributed by atoms with van der Waals surface area (Å²) in [5.74, 6) is -1.58. The minimum absolute atomic E-state index is 0.00113. The third kappa shape index (κ3) is 3.42. The van der Waals surface area contributed by atoms with E-state index in [0.717, 1.165) is 5.56 Å². The van der Waals surface area contributed by atoms with Crippen LogP contribution in [-0.2, 0) is 6.42 Å². The molecule has 0 aliphatic carbocycles. The average Bonchev–Trinajstić information content (AvgIpc) is 2.48. The lowest BCUT2D eigenvalue weighted by molar-refractivity contribution is 0.0691. The Morgan fingerprint density at radius 2 is 1.68 bits per heavy atom. The van der Waals surface area contributed by atoms with E-state index in [1.807, 2.05) is 0 Å². The van der Waals surface area contributed by atoms with Gasteiger partial charge in [0, 0.05) is 11.3 Å². The van der Waals surface area contributed by atoms with Crippen LogP contribution >= 0.6 is 0 Å². The topological polar surface area (TPSA) is 127 Å². The van der Waals surface area contributed by atoms with Crippen LogP contribution in [-0.4, -0.2) is 28.0 Å². The molecule has 0 radical (unpaired) electrons. The van der Waals surface area contributed by atoms with Gasteiger partial charge in [0.25, 0.3) is 0 Å². The molecule has 6 N–H and O–H groups in total. The van der Waals surface area contributed by atoms with Gasteiger partial charge in [-0.2, -0.15) is 0 Å². The number of nitrogens with two attached hydrogens (primary N) is 2. The fraction of sp³-hybridized carbons (Fsp3) is 0.125. The SMILES string of the molecule is Nc1ccc(C(=O)O)c(C(=O)[C@@H](N)Cc2ccc(O)cc2)c1. The number of phenols is 1. The number of phenolic OH excluding ortho intramolecular Hbond substituents is 1. The summed E-state index contributed by atoms with van der Waals surface area (Å²) in [7, 11) is 0. The highest BCUT2D eigenvalue weighted by Crippen LogP contribution is 2.18. The highest BCUT2D eigenvalue weighted by Gasteiger charge is 2.22. The van der Waals surface area contributed by atoms with Gasteiger partial charge in [0.05, 0.1) is 11.6 Å². The molecule has 0 saturated heterocycles. The fourth-order valence-corrected chi connectivity index (χ4v) is 2.13. The molecule has 0 amide bonds. The first-order valence-corrected chi connectivity index (χ1v) is 6.59. The van der Waals surface area contributed by atoms with E-state index in [9.17, 15) is 14.7 Å². The molecule has 6 heteroatoms. The van der Waals surface area contributed by atoms with Crippen molar-refractivity contribution in [2.75, 3.05) is 5.73 Å².